The predicted molar refractivity (Wildman–Crippen MR) is 123 cm³/mol. The Bertz CT molecular complexity index is 1040. The molecule has 164 valence electrons. The fourth-order valence-electron chi connectivity index (χ4n) is 4.34. The molecule has 4 atom stereocenters. The molecule has 4 unspecified atom stereocenters. The SMILES string of the molecule is CCCSc1nc(NC2CC2c2ccccc2)c2nnn(C3CN(CC)CC3O)c2n1. The number of aromatic nitrogens is 5. The number of benzene rings is 1. The number of fused-ring (bicyclic) bond motifs is 1. The van der Waals surface area contributed by atoms with Gasteiger partial charge in [-0.05, 0) is 24.9 Å². The summed E-state index contributed by atoms with van der Waals surface area (Å²) in [7, 11) is 0. The van der Waals surface area contributed by atoms with Gasteiger partial charge in [-0.25, -0.2) is 14.6 Å². The molecule has 0 amide bonds. The Labute approximate surface area is 186 Å². The van der Waals surface area contributed by atoms with Gasteiger partial charge in [-0.1, -0.05) is 61.2 Å². The van der Waals surface area contributed by atoms with Crippen molar-refractivity contribution < 1.29 is 5.11 Å². The van der Waals surface area contributed by atoms with Crippen LogP contribution in [0, 0.1) is 0 Å². The summed E-state index contributed by atoms with van der Waals surface area (Å²) in [5.41, 5.74) is 2.74. The molecule has 1 aromatic carbocycles. The van der Waals surface area contributed by atoms with Crippen LogP contribution in [-0.4, -0.2) is 72.5 Å². The van der Waals surface area contributed by atoms with E-state index in [0.29, 0.717) is 29.7 Å². The lowest BCUT2D eigenvalue weighted by molar-refractivity contribution is 0.140. The average molecular weight is 440 g/mol. The zero-order valence-corrected chi connectivity index (χ0v) is 18.8. The normalized spacial score (nSPS) is 25.9. The van der Waals surface area contributed by atoms with E-state index >= 15 is 0 Å². The average Bonchev–Trinajstić information content (AvgIpc) is 3.26. The molecule has 9 heteroatoms. The smallest absolute Gasteiger partial charge is 0.191 e. The molecule has 2 aromatic heterocycles. The highest BCUT2D eigenvalue weighted by atomic mass is 32.2. The summed E-state index contributed by atoms with van der Waals surface area (Å²) in [4.78, 5) is 11.8. The minimum absolute atomic E-state index is 0.144. The van der Waals surface area contributed by atoms with Gasteiger partial charge in [-0.3, -0.25) is 4.90 Å². The highest BCUT2D eigenvalue weighted by Crippen LogP contribution is 2.43. The van der Waals surface area contributed by atoms with Gasteiger partial charge in [0.15, 0.2) is 22.1 Å². The molecule has 2 fully saturated rings. The maximum absolute atomic E-state index is 10.6. The lowest BCUT2D eigenvalue weighted by Gasteiger charge is -2.15. The van der Waals surface area contributed by atoms with E-state index in [1.807, 2.05) is 0 Å². The van der Waals surface area contributed by atoms with Crippen LogP contribution in [0.25, 0.3) is 11.2 Å². The molecule has 1 saturated heterocycles. The van der Waals surface area contributed by atoms with Crippen molar-refractivity contribution in [1.82, 2.24) is 29.9 Å². The monoisotopic (exact) mass is 439 g/mol. The largest absolute Gasteiger partial charge is 0.389 e. The van der Waals surface area contributed by atoms with Gasteiger partial charge in [-0.15, -0.1) is 5.10 Å². The summed E-state index contributed by atoms with van der Waals surface area (Å²) in [6, 6.07) is 10.8. The summed E-state index contributed by atoms with van der Waals surface area (Å²) in [5.74, 6) is 2.19. The van der Waals surface area contributed by atoms with Crippen molar-refractivity contribution in [3.63, 3.8) is 0 Å². The molecule has 0 bridgehead atoms. The number of β-amino-alcohol motifs (C(OH)–C–C–N with tert-alkyl or cyclic N) is 1. The van der Waals surface area contributed by atoms with Gasteiger partial charge in [0.2, 0.25) is 0 Å². The first-order chi connectivity index (χ1) is 15.2. The van der Waals surface area contributed by atoms with Gasteiger partial charge < -0.3 is 10.4 Å². The van der Waals surface area contributed by atoms with E-state index in [9.17, 15) is 5.11 Å². The van der Waals surface area contributed by atoms with E-state index in [-0.39, 0.29) is 6.04 Å². The second kappa shape index (κ2) is 8.72. The Morgan fingerprint density at radius 1 is 1.16 bits per heavy atom. The van der Waals surface area contributed by atoms with Crippen molar-refractivity contribution in [2.24, 2.45) is 0 Å². The number of nitrogens with zero attached hydrogens (tertiary/aromatic N) is 6. The molecule has 1 aliphatic heterocycles. The van der Waals surface area contributed by atoms with Crippen molar-refractivity contribution in [3.8, 4) is 0 Å². The Hall–Kier alpha value is -2.23. The van der Waals surface area contributed by atoms with Gasteiger partial charge in [0, 0.05) is 30.8 Å². The number of hydrogen-bond donors (Lipinski definition) is 2. The highest BCUT2D eigenvalue weighted by Gasteiger charge is 2.40. The minimum atomic E-state index is -0.478. The summed E-state index contributed by atoms with van der Waals surface area (Å²) in [6.45, 7) is 6.56. The second-order valence-corrected chi connectivity index (χ2v) is 9.46. The number of likely N-dealkylation sites (N-methyl/N-ethyl adjacent to an activating group) is 1. The molecule has 1 saturated carbocycles. The number of rotatable bonds is 8. The summed E-state index contributed by atoms with van der Waals surface area (Å²) < 4.78 is 1.81. The Kier molecular flexibility index (Phi) is 5.81. The van der Waals surface area contributed by atoms with Gasteiger partial charge in [0.05, 0.1) is 12.1 Å². The number of anilines is 1. The Morgan fingerprint density at radius 3 is 2.74 bits per heavy atom. The third kappa shape index (κ3) is 4.14. The molecule has 31 heavy (non-hydrogen) atoms. The van der Waals surface area contributed by atoms with Gasteiger partial charge >= 0.3 is 0 Å². The van der Waals surface area contributed by atoms with E-state index in [2.05, 4.69) is 64.7 Å². The number of aliphatic hydroxyl groups excluding tert-OH is 1. The maximum atomic E-state index is 10.6. The Balaban J connectivity index is 1.45. The third-order valence-corrected chi connectivity index (χ3v) is 7.23. The number of thioether (sulfide) groups is 1. The fourth-order valence-corrected chi connectivity index (χ4v) is 5.03. The molecule has 2 N–H and O–H groups in total. The van der Waals surface area contributed by atoms with Gasteiger partial charge in [0.25, 0.3) is 0 Å². The molecule has 2 aliphatic rings. The molecule has 3 heterocycles. The predicted octanol–water partition coefficient (Wildman–Crippen LogP) is 2.93. The molecule has 5 rings (SSSR count). The standard InChI is InChI=1S/C22H29N7OS/c1-3-10-31-22-24-20(23-16-11-15(16)14-8-6-5-7-9-14)19-21(25-22)29(27-26-19)17-12-28(4-2)13-18(17)30/h5-9,15-18,30H,3-4,10-13H2,1-2H3,(H,23,24,25). The first kappa shape index (κ1) is 20.7. The van der Waals surface area contributed by atoms with Crippen LogP contribution in [0.4, 0.5) is 5.82 Å². The lowest BCUT2D eigenvalue weighted by atomic mass is 10.1. The van der Waals surface area contributed by atoms with Crippen molar-refractivity contribution in [2.75, 3.05) is 30.7 Å². The maximum Gasteiger partial charge on any atom is 0.191 e. The molecule has 8 nitrogen and oxygen atoms in total. The van der Waals surface area contributed by atoms with Crippen LogP contribution in [0.1, 0.15) is 44.2 Å². The zero-order valence-electron chi connectivity index (χ0n) is 18.0. The van der Waals surface area contributed by atoms with Crippen molar-refractivity contribution in [3.05, 3.63) is 35.9 Å². The zero-order chi connectivity index (χ0) is 21.4. The first-order valence-corrected chi connectivity index (χ1v) is 12.1. The molecule has 3 aromatic rings. The van der Waals surface area contributed by atoms with Crippen LogP contribution in [0.3, 0.4) is 0 Å². The van der Waals surface area contributed by atoms with Crippen molar-refractivity contribution in [2.45, 2.75) is 56.0 Å². The van der Waals surface area contributed by atoms with Crippen molar-refractivity contribution in [1.29, 1.82) is 0 Å². The van der Waals surface area contributed by atoms with E-state index in [1.54, 1.807) is 16.4 Å². The topological polar surface area (TPSA) is 92.0 Å². The van der Waals surface area contributed by atoms with Crippen LogP contribution in [0.2, 0.25) is 0 Å². The van der Waals surface area contributed by atoms with E-state index in [4.69, 9.17) is 9.97 Å². The van der Waals surface area contributed by atoms with Crippen LogP contribution >= 0.6 is 11.8 Å². The van der Waals surface area contributed by atoms with Crippen molar-refractivity contribution >= 4 is 28.7 Å². The second-order valence-electron chi connectivity index (χ2n) is 8.40. The minimum Gasteiger partial charge on any atom is -0.389 e. The summed E-state index contributed by atoms with van der Waals surface area (Å²) in [6.07, 6.45) is 1.65. The molecule has 1 aliphatic carbocycles. The van der Waals surface area contributed by atoms with Crippen LogP contribution in [-0.2, 0) is 0 Å². The van der Waals surface area contributed by atoms with Gasteiger partial charge in [0.1, 0.15) is 0 Å². The summed E-state index contributed by atoms with van der Waals surface area (Å²) >= 11 is 1.65. The number of aliphatic hydroxyl groups is 1. The number of hydrogen-bond acceptors (Lipinski definition) is 8. The molecule has 0 spiro atoms. The quantitative estimate of drug-likeness (QED) is 0.409. The van der Waals surface area contributed by atoms with E-state index in [1.165, 1.54) is 5.56 Å². The molecule has 0 radical (unpaired) electrons. The Morgan fingerprint density at radius 2 is 2.00 bits per heavy atom. The first-order valence-electron chi connectivity index (χ1n) is 11.2. The van der Waals surface area contributed by atoms with E-state index < -0.39 is 6.10 Å². The number of likely N-dealkylation sites (tertiary alicyclic amines) is 1. The van der Waals surface area contributed by atoms with E-state index in [0.717, 1.165) is 42.7 Å². The third-order valence-electron chi connectivity index (χ3n) is 6.17. The fraction of sp³-hybridized carbons (Fsp3) is 0.545. The molecular formula is C22H29N7OS. The van der Waals surface area contributed by atoms with Gasteiger partial charge in [-0.2, -0.15) is 0 Å². The highest BCUT2D eigenvalue weighted by molar-refractivity contribution is 7.99. The van der Waals surface area contributed by atoms with Crippen LogP contribution < -0.4 is 5.32 Å². The summed E-state index contributed by atoms with van der Waals surface area (Å²) in [5, 5.41) is 23.8. The van der Waals surface area contributed by atoms with Crippen LogP contribution in [0.5, 0.6) is 0 Å². The van der Waals surface area contributed by atoms with Crippen LogP contribution in [0.15, 0.2) is 35.5 Å². The number of nitrogens with one attached hydrogen (secondary N) is 1. The molecular weight excluding hydrogens is 410 g/mol. The lowest BCUT2D eigenvalue weighted by Crippen LogP contribution is -2.23.